The van der Waals surface area contributed by atoms with Crippen molar-refractivity contribution in [3.8, 4) is 10.6 Å². The van der Waals surface area contributed by atoms with Gasteiger partial charge in [-0.25, -0.2) is 4.98 Å². The second-order valence-corrected chi connectivity index (χ2v) is 6.98. The third-order valence-electron chi connectivity index (χ3n) is 4.40. The van der Waals surface area contributed by atoms with Crippen molar-refractivity contribution >= 4 is 17.3 Å². The summed E-state index contributed by atoms with van der Waals surface area (Å²) in [6.07, 6.45) is -0.0156. The van der Waals surface area contributed by atoms with E-state index in [0.717, 1.165) is 49.8 Å². The van der Waals surface area contributed by atoms with Crippen LogP contribution in [0.15, 0.2) is 29.6 Å². The molecule has 2 aromatic rings. The van der Waals surface area contributed by atoms with Crippen molar-refractivity contribution in [1.82, 2.24) is 14.8 Å². The minimum atomic E-state index is -0.842. The number of rotatable bonds is 6. The van der Waals surface area contributed by atoms with Crippen molar-refractivity contribution in [2.45, 2.75) is 19.9 Å². The zero-order valence-corrected chi connectivity index (χ0v) is 14.8. The molecule has 0 bridgehead atoms. The Morgan fingerprint density at radius 2 is 1.83 bits per heavy atom. The summed E-state index contributed by atoms with van der Waals surface area (Å²) in [5.74, 6) is -0.842. The van der Waals surface area contributed by atoms with Crippen LogP contribution in [-0.4, -0.2) is 58.6 Å². The van der Waals surface area contributed by atoms with Gasteiger partial charge in [0, 0.05) is 43.7 Å². The lowest BCUT2D eigenvalue weighted by Gasteiger charge is -2.34. The van der Waals surface area contributed by atoms with Gasteiger partial charge in [0.15, 0.2) is 0 Å². The molecule has 1 fully saturated rings. The highest BCUT2D eigenvalue weighted by molar-refractivity contribution is 7.13. The van der Waals surface area contributed by atoms with E-state index < -0.39 is 5.97 Å². The van der Waals surface area contributed by atoms with Crippen LogP contribution < -0.4 is 0 Å². The third-order valence-corrected chi connectivity index (χ3v) is 5.34. The molecule has 2 heterocycles. The number of nitrogens with zero attached hydrogens (tertiary/aromatic N) is 3. The predicted molar refractivity (Wildman–Crippen MR) is 96.3 cm³/mol. The summed E-state index contributed by atoms with van der Waals surface area (Å²) in [5.41, 5.74) is 2.99. The molecule has 1 aromatic heterocycles. The van der Waals surface area contributed by atoms with Crippen LogP contribution in [0.25, 0.3) is 10.6 Å². The van der Waals surface area contributed by atoms with Gasteiger partial charge >= 0.3 is 5.97 Å². The SMILES string of the molecule is CCN1CCN(Cc2ccc(-c3nc(CC(=O)O)cs3)cc2)CC1. The van der Waals surface area contributed by atoms with E-state index in [1.54, 1.807) is 0 Å². The maximum absolute atomic E-state index is 10.7. The Morgan fingerprint density at radius 1 is 1.17 bits per heavy atom. The Morgan fingerprint density at radius 3 is 2.46 bits per heavy atom. The number of carboxylic acid groups (broad SMARTS) is 1. The highest BCUT2D eigenvalue weighted by Gasteiger charge is 2.15. The van der Waals surface area contributed by atoms with Crippen LogP contribution in [0.4, 0.5) is 0 Å². The molecular weight excluding hydrogens is 322 g/mol. The average Bonchev–Trinajstić information content (AvgIpc) is 3.04. The molecule has 5 nitrogen and oxygen atoms in total. The highest BCUT2D eigenvalue weighted by atomic mass is 32.1. The van der Waals surface area contributed by atoms with Gasteiger partial charge in [-0.05, 0) is 12.1 Å². The number of hydrogen-bond donors (Lipinski definition) is 1. The maximum Gasteiger partial charge on any atom is 0.309 e. The van der Waals surface area contributed by atoms with Crippen molar-refractivity contribution in [2.24, 2.45) is 0 Å². The van der Waals surface area contributed by atoms with Crippen LogP contribution >= 0.6 is 11.3 Å². The molecule has 24 heavy (non-hydrogen) atoms. The molecule has 0 amide bonds. The molecule has 3 rings (SSSR count). The molecule has 1 aliphatic rings. The topological polar surface area (TPSA) is 56.7 Å². The van der Waals surface area contributed by atoms with E-state index in [4.69, 9.17) is 5.11 Å². The number of aliphatic carboxylic acids is 1. The largest absolute Gasteiger partial charge is 0.481 e. The molecular formula is C18H23N3O2S. The van der Waals surface area contributed by atoms with E-state index in [2.05, 4.69) is 46.0 Å². The molecule has 0 spiro atoms. The molecule has 0 atom stereocenters. The van der Waals surface area contributed by atoms with Crippen LogP contribution in [0.5, 0.6) is 0 Å². The van der Waals surface area contributed by atoms with E-state index in [1.807, 2.05) is 5.38 Å². The molecule has 6 heteroatoms. The monoisotopic (exact) mass is 345 g/mol. The summed E-state index contributed by atoms with van der Waals surface area (Å²) in [7, 11) is 0. The minimum absolute atomic E-state index is 0.0156. The quantitative estimate of drug-likeness (QED) is 0.872. The first-order chi connectivity index (χ1) is 11.6. The van der Waals surface area contributed by atoms with Crippen molar-refractivity contribution in [3.63, 3.8) is 0 Å². The first-order valence-corrected chi connectivity index (χ1v) is 9.22. The maximum atomic E-state index is 10.7. The summed E-state index contributed by atoms with van der Waals surface area (Å²) in [4.78, 5) is 20.1. The molecule has 1 saturated heterocycles. The lowest BCUT2D eigenvalue weighted by molar-refractivity contribution is -0.136. The van der Waals surface area contributed by atoms with Crippen molar-refractivity contribution < 1.29 is 9.90 Å². The molecule has 0 unspecified atom stereocenters. The number of carbonyl (C=O) groups is 1. The van der Waals surface area contributed by atoms with Crippen LogP contribution in [0.3, 0.4) is 0 Å². The van der Waals surface area contributed by atoms with Gasteiger partial charge in [-0.2, -0.15) is 0 Å². The molecule has 0 aliphatic carbocycles. The number of benzene rings is 1. The molecule has 128 valence electrons. The van der Waals surface area contributed by atoms with Gasteiger partial charge < -0.3 is 10.0 Å². The van der Waals surface area contributed by atoms with Gasteiger partial charge in [0.25, 0.3) is 0 Å². The van der Waals surface area contributed by atoms with Gasteiger partial charge in [-0.15, -0.1) is 11.3 Å². The van der Waals surface area contributed by atoms with Crippen LogP contribution in [0.2, 0.25) is 0 Å². The zero-order chi connectivity index (χ0) is 16.9. The van der Waals surface area contributed by atoms with Crippen LogP contribution in [0.1, 0.15) is 18.2 Å². The summed E-state index contributed by atoms with van der Waals surface area (Å²) < 4.78 is 0. The molecule has 0 saturated carbocycles. The number of carboxylic acids is 1. The van der Waals surface area contributed by atoms with Gasteiger partial charge in [0.05, 0.1) is 12.1 Å². The predicted octanol–water partition coefficient (Wildman–Crippen LogP) is 2.57. The van der Waals surface area contributed by atoms with E-state index in [0.29, 0.717) is 5.69 Å². The molecule has 1 aliphatic heterocycles. The van der Waals surface area contributed by atoms with Gasteiger partial charge in [0.1, 0.15) is 5.01 Å². The minimum Gasteiger partial charge on any atom is -0.481 e. The molecule has 1 N–H and O–H groups in total. The standard InChI is InChI=1S/C18H23N3O2S/c1-2-20-7-9-21(10-8-20)12-14-3-5-15(6-4-14)18-19-16(13-24-18)11-17(22)23/h3-6,13H,2,7-12H2,1H3,(H,22,23). The number of hydrogen-bond acceptors (Lipinski definition) is 5. The Labute approximate surface area is 146 Å². The second kappa shape index (κ2) is 7.88. The summed E-state index contributed by atoms with van der Waals surface area (Å²) in [6.45, 7) is 8.90. The Hall–Kier alpha value is -1.76. The Balaban J connectivity index is 1.59. The summed E-state index contributed by atoms with van der Waals surface area (Å²) in [6, 6.07) is 8.47. The van der Waals surface area contributed by atoms with Crippen molar-refractivity contribution in [3.05, 3.63) is 40.9 Å². The number of aromatic nitrogens is 1. The van der Waals surface area contributed by atoms with Gasteiger partial charge in [-0.3, -0.25) is 9.69 Å². The van der Waals surface area contributed by atoms with Crippen LogP contribution in [0, 0.1) is 0 Å². The van der Waals surface area contributed by atoms with Crippen molar-refractivity contribution in [2.75, 3.05) is 32.7 Å². The fraction of sp³-hybridized carbons (Fsp3) is 0.444. The first kappa shape index (κ1) is 17.1. The van der Waals surface area contributed by atoms with E-state index >= 15 is 0 Å². The van der Waals surface area contributed by atoms with Gasteiger partial charge in [0.2, 0.25) is 0 Å². The lowest BCUT2D eigenvalue weighted by atomic mass is 10.1. The van der Waals surface area contributed by atoms with Gasteiger partial charge in [-0.1, -0.05) is 31.2 Å². The summed E-state index contributed by atoms with van der Waals surface area (Å²) >= 11 is 1.50. The number of piperazine rings is 1. The van der Waals surface area contributed by atoms with E-state index in [9.17, 15) is 4.79 Å². The smallest absolute Gasteiger partial charge is 0.309 e. The normalized spacial score (nSPS) is 16.4. The number of likely N-dealkylation sites (N-methyl/N-ethyl adjacent to an activating group) is 1. The van der Waals surface area contributed by atoms with Crippen LogP contribution in [-0.2, 0) is 17.8 Å². The third kappa shape index (κ3) is 4.41. The fourth-order valence-electron chi connectivity index (χ4n) is 2.95. The average molecular weight is 345 g/mol. The molecule has 1 aromatic carbocycles. The Bertz CT molecular complexity index is 676. The Kier molecular flexibility index (Phi) is 5.60. The van der Waals surface area contributed by atoms with E-state index in [-0.39, 0.29) is 6.42 Å². The first-order valence-electron chi connectivity index (χ1n) is 8.34. The zero-order valence-electron chi connectivity index (χ0n) is 13.9. The van der Waals surface area contributed by atoms with E-state index in [1.165, 1.54) is 16.9 Å². The second-order valence-electron chi connectivity index (χ2n) is 6.12. The fourth-order valence-corrected chi connectivity index (χ4v) is 3.78. The van der Waals surface area contributed by atoms with Crippen molar-refractivity contribution in [1.29, 1.82) is 0 Å². The molecule has 0 radical (unpaired) electrons. The lowest BCUT2D eigenvalue weighted by Crippen LogP contribution is -2.45. The highest BCUT2D eigenvalue weighted by Crippen LogP contribution is 2.24. The summed E-state index contributed by atoms with van der Waals surface area (Å²) in [5, 5.41) is 11.5. The number of thiazole rings is 1.